The van der Waals surface area contributed by atoms with Gasteiger partial charge in [0.25, 0.3) is 0 Å². The van der Waals surface area contributed by atoms with Crippen LogP contribution in [0.5, 0.6) is 0 Å². The van der Waals surface area contributed by atoms with E-state index < -0.39 is 0 Å². The van der Waals surface area contributed by atoms with Crippen LogP contribution < -0.4 is 0 Å². The molecule has 1 aliphatic carbocycles. The second-order valence-electron chi connectivity index (χ2n) is 2.20. The highest BCUT2D eigenvalue weighted by atomic mass is 16.6. The summed E-state index contributed by atoms with van der Waals surface area (Å²) in [6.07, 6.45) is 9.00. The van der Waals surface area contributed by atoms with E-state index in [1.165, 1.54) is 43.9 Å². The Balaban J connectivity index is 0.000000187. The average Bonchev–Trinajstić information content (AvgIpc) is 1.93. The zero-order chi connectivity index (χ0) is 6.95. The Hall–Kier alpha value is -0.600. The molecule has 3 heteroatoms. The van der Waals surface area contributed by atoms with Gasteiger partial charge in [-0.3, -0.25) is 0 Å². The molecule has 0 saturated heterocycles. The van der Waals surface area contributed by atoms with Crippen LogP contribution >= 0.6 is 0 Å². The molecule has 9 heavy (non-hydrogen) atoms. The zero-order valence-electron chi connectivity index (χ0n) is 5.55. The van der Waals surface area contributed by atoms with E-state index in [4.69, 9.17) is 10.1 Å². The van der Waals surface area contributed by atoms with E-state index in [2.05, 4.69) is 0 Å². The van der Waals surface area contributed by atoms with Gasteiger partial charge in [0, 0.05) is 0 Å². The standard InChI is InChI=1S/C6H12.HNO2/c1-2-4-6-5-3-1;2-1-3/h1-6H2;(H,2,3). The van der Waals surface area contributed by atoms with Crippen molar-refractivity contribution in [1.29, 1.82) is 0 Å². The van der Waals surface area contributed by atoms with Crippen LogP contribution in [0.25, 0.3) is 0 Å². The predicted octanol–water partition coefficient (Wildman–Crippen LogP) is 2.48. The highest BCUT2D eigenvalue weighted by Gasteiger charge is 1.95. The minimum atomic E-state index is 1.25. The van der Waals surface area contributed by atoms with Gasteiger partial charge in [-0.15, -0.1) is 4.91 Å². The fraction of sp³-hybridized carbons (Fsp3) is 1.00. The van der Waals surface area contributed by atoms with Gasteiger partial charge >= 0.3 is 0 Å². The summed E-state index contributed by atoms with van der Waals surface area (Å²) in [5.41, 5.74) is 0. The van der Waals surface area contributed by atoms with Crippen LogP contribution in [0.1, 0.15) is 38.5 Å². The van der Waals surface area contributed by atoms with E-state index >= 15 is 0 Å². The molecule has 3 nitrogen and oxygen atoms in total. The minimum Gasteiger partial charge on any atom is -0.379 e. The summed E-state index contributed by atoms with van der Waals surface area (Å²) in [6, 6.07) is 0. The molecule has 0 spiro atoms. The fourth-order valence-electron chi connectivity index (χ4n) is 1.06. The molecule has 1 N–H and O–H groups in total. The first kappa shape index (κ1) is 8.40. The summed E-state index contributed by atoms with van der Waals surface area (Å²) >= 11 is 0. The van der Waals surface area contributed by atoms with Crippen LogP contribution in [-0.2, 0) is 0 Å². The maximum atomic E-state index is 8.11. The van der Waals surface area contributed by atoms with Gasteiger partial charge in [0.15, 0.2) is 5.34 Å². The first-order valence-corrected chi connectivity index (χ1v) is 3.38. The summed E-state index contributed by atoms with van der Waals surface area (Å²) in [5.74, 6) is 0. The van der Waals surface area contributed by atoms with Crippen molar-refractivity contribution >= 4 is 0 Å². The van der Waals surface area contributed by atoms with Crippen LogP contribution in [0, 0.1) is 4.91 Å². The Kier molecular flexibility index (Phi) is 6.91. The van der Waals surface area contributed by atoms with Crippen molar-refractivity contribution < 1.29 is 5.21 Å². The molecule has 0 radical (unpaired) electrons. The Bertz CT molecular complexity index is 50.6. The fourth-order valence-corrected chi connectivity index (χ4v) is 1.06. The quantitative estimate of drug-likeness (QED) is 0.405. The summed E-state index contributed by atoms with van der Waals surface area (Å²) in [6.45, 7) is 0. The maximum absolute atomic E-state index is 8.11. The lowest BCUT2D eigenvalue weighted by atomic mass is 10.0. The third-order valence-corrected chi connectivity index (χ3v) is 1.50. The lowest BCUT2D eigenvalue weighted by molar-refractivity contribution is 0.312. The smallest absolute Gasteiger partial charge is 0.152 e. The van der Waals surface area contributed by atoms with E-state index in [9.17, 15) is 0 Å². The van der Waals surface area contributed by atoms with Crippen LogP contribution in [0.3, 0.4) is 0 Å². The molecule has 0 aromatic carbocycles. The summed E-state index contributed by atoms with van der Waals surface area (Å²) in [7, 11) is 0. The van der Waals surface area contributed by atoms with Gasteiger partial charge in [0.05, 0.1) is 0 Å². The summed E-state index contributed by atoms with van der Waals surface area (Å²) in [5, 5.41) is 7.89. The molecular weight excluding hydrogens is 118 g/mol. The molecule has 0 aliphatic heterocycles. The normalized spacial score (nSPS) is 17.3. The lowest BCUT2D eigenvalue weighted by Crippen LogP contribution is -1.85. The highest BCUT2D eigenvalue weighted by molar-refractivity contribution is 4.51. The number of rotatable bonds is 0. The van der Waals surface area contributed by atoms with Gasteiger partial charge in [0.2, 0.25) is 0 Å². The van der Waals surface area contributed by atoms with E-state index in [-0.39, 0.29) is 0 Å². The van der Waals surface area contributed by atoms with Gasteiger partial charge in [0.1, 0.15) is 0 Å². The maximum Gasteiger partial charge on any atom is 0.152 e. The van der Waals surface area contributed by atoms with Crippen LogP contribution in [0.4, 0.5) is 0 Å². The van der Waals surface area contributed by atoms with Gasteiger partial charge in [-0.1, -0.05) is 38.5 Å². The molecule has 0 heterocycles. The molecule has 54 valence electrons. The molecule has 1 fully saturated rings. The highest BCUT2D eigenvalue weighted by Crippen LogP contribution is 2.15. The Morgan fingerprint density at radius 2 is 1.00 bits per heavy atom. The Morgan fingerprint density at radius 1 is 0.889 bits per heavy atom. The van der Waals surface area contributed by atoms with Gasteiger partial charge in [-0.05, 0) is 0 Å². The largest absolute Gasteiger partial charge is 0.379 e. The van der Waals surface area contributed by atoms with E-state index in [1.54, 1.807) is 0 Å². The van der Waals surface area contributed by atoms with E-state index in [1.807, 2.05) is 0 Å². The Morgan fingerprint density at radius 3 is 1.11 bits per heavy atom. The molecule has 0 atom stereocenters. The van der Waals surface area contributed by atoms with Crippen molar-refractivity contribution in [2.45, 2.75) is 38.5 Å². The summed E-state index contributed by atoms with van der Waals surface area (Å²) in [4.78, 5) is 8.11. The van der Waals surface area contributed by atoms with Crippen molar-refractivity contribution in [2.75, 3.05) is 0 Å². The van der Waals surface area contributed by atoms with Crippen molar-refractivity contribution in [3.05, 3.63) is 4.91 Å². The first-order chi connectivity index (χ1) is 4.41. The molecule has 1 aliphatic rings. The number of hydrogen-bond acceptors (Lipinski definition) is 2. The average molecular weight is 131 g/mol. The second-order valence-corrected chi connectivity index (χ2v) is 2.20. The van der Waals surface area contributed by atoms with Gasteiger partial charge < -0.3 is 5.21 Å². The molecule has 0 amide bonds. The number of hydrogen-bond donors (Lipinski definition) is 1. The molecule has 1 rings (SSSR count). The third-order valence-electron chi connectivity index (χ3n) is 1.50. The molecule has 0 aromatic rings. The van der Waals surface area contributed by atoms with Crippen LogP contribution in [0.2, 0.25) is 0 Å². The summed E-state index contributed by atoms with van der Waals surface area (Å²) < 4.78 is 0. The van der Waals surface area contributed by atoms with E-state index in [0.29, 0.717) is 0 Å². The van der Waals surface area contributed by atoms with Crippen molar-refractivity contribution in [2.24, 2.45) is 5.34 Å². The van der Waals surface area contributed by atoms with Crippen molar-refractivity contribution in [3.63, 3.8) is 0 Å². The first-order valence-electron chi connectivity index (χ1n) is 3.38. The molecule has 0 aromatic heterocycles. The van der Waals surface area contributed by atoms with E-state index in [0.717, 1.165) is 0 Å². The molecular formula is C6H13NO2. The van der Waals surface area contributed by atoms with Gasteiger partial charge in [-0.25, -0.2) is 0 Å². The minimum absolute atomic E-state index is 1.25. The topological polar surface area (TPSA) is 49.7 Å². The van der Waals surface area contributed by atoms with Gasteiger partial charge in [-0.2, -0.15) is 0 Å². The van der Waals surface area contributed by atoms with Crippen LogP contribution in [0.15, 0.2) is 5.34 Å². The molecule has 1 saturated carbocycles. The van der Waals surface area contributed by atoms with Crippen molar-refractivity contribution in [3.8, 4) is 0 Å². The monoisotopic (exact) mass is 131 g/mol. The Labute approximate surface area is 55.0 Å². The zero-order valence-corrected chi connectivity index (χ0v) is 5.55. The molecule has 0 unspecified atom stereocenters. The third kappa shape index (κ3) is 7.40. The predicted molar refractivity (Wildman–Crippen MR) is 35.3 cm³/mol. The lowest BCUT2D eigenvalue weighted by Gasteiger charge is -2.05. The van der Waals surface area contributed by atoms with Crippen molar-refractivity contribution in [1.82, 2.24) is 0 Å². The second kappa shape index (κ2) is 7.40. The molecule has 0 bridgehead atoms. The number of nitrogens with zero attached hydrogens (tertiary/aromatic N) is 1. The van der Waals surface area contributed by atoms with Crippen LogP contribution in [-0.4, -0.2) is 5.21 Å². The SMILES string of the molecule is C1CCCCC1.O=NO.